The van der Waals surface area contributed by atoms with Crippen molar-refractivity contribution >= 4 is 27.9 Å². The Hall–Kier alpha value is -2.72. The second-order valence-electron chi connectivity index (χ2n) is 5.33. The number of rotatable bonds is 3. The molecule has 0 saturated carbocycles. The summed E-state index contributed by atoms with van der Waals surface area (Å²) in [6, 6.07) is 6.56. The number of fused-ring (bicyclic) bond motifs is 1. The van der Waals surface area contributed by atoms with Crippen LogP contribution >= 0.6 is 11.3 Å². The zero-order chi connectivity index (χ0) is 16.6. The van der Waals surface area contributed by atoms with Crippen molar-refractivity contribution < 1.29 is 9.72 Å². The van der Waals surface area contributed by atoms with Crippen molar-refractivity contribution in [2.45, 2.75) is 26.2 Å². The van der Waals surface area contributed by atoms with Crippen LogP contribution in [-0.4, -0.2) is 10.8 Å². The highest BCUT2D eigenvalue weighted by atomic mass is 32.1. The number of nitro benzene ring substituents is 1. The number of carbonyl (C=O) groups is 1. The van der Waals surface area contributed by atoms with Gasteiger partial charge in [0, 0.05) is 22.1 Å². The number of anilines is 1. The van der Waals surface area contributed by atoms with Crippen LogP contribution in [0.4, 0.5) is 10.7 Å². The van der Waals surface area contributed by atoms with Gasteiger partial charge in [0.1, 0.15) is 11.1 Å². The minimum atomic E-state index is -0.507. The average Bonchev–Trinajstić information content (AvgIpc) is 3.07. The summed E-state index contributed by atoms with van der Waals surface area (Å²) in [4.78, 5) is 24.1. The van der Waals surface area contributed by atoms with E-state index >= 15 is 0 Å². The maximum Gasteiger partial charge on any atom is 0.273 e. The monoisotopic (exact) mass is 327 g/mol. The Kier molecular flexibility index (Phi) is 3.84. The lowest BCUT2D eigenvalue weighted by molar-refractivity contribution is -0.385. The molecule has 1 heterocycles. The van der Waals surface area contributed by atoms with Gasteiger partial charge in [0.05, 0.1) is 10.5 Å². The fraction of sp³-hybridized carbons (Fsp3) is 0.250. The molecule has 0 bridgehead atoms. The van der Waals surface area contributed by atoms with E-state index in [1.54, 1.807) is 13.0 Å². The number of hydrogen-bond donors (Lipinski definition) is 1. The van der Waals surface area contributed by atoms with Crippen molar-refractivity contribution in [2.75, 3.05) is 5.32 Å². The second-order valence-corrected chi connectivity index (χ2v) is 6.44. The molecule has 6 nitrogen and oxygen atoms in total. The Morgan fingerprint density at radius 2 is 2.22 bits per heavy atom. The number of aryl methyl sites for hydroxylation is 1. The van der Waals surface area contributed by atoms with Gasteiger partial charge in [-0.1, -0.05) is 6.07 Å². The van der Waals surface area contributed by atoms with E-state index in [-0.39, 0.29) is 11.3 Å². The molecule has 23 heavy (non-hydrogen) atoms. The molecule has 1 aliphatic carbocycles. The van der Waals surface area contributed by atoms with Crippen molar-refractivity contribution in [3.05, 3.63) is 55.4 Å². The maximum absolute atomic E-state index is 12.5. The number of thiophene rings is 1. The van der Waals surface area contributed by atoms with Crippen molar-refractivity contribution in [3.63, 3.8) is 0 Å². The zero-order valence-electron chi connectivity index (χ0n) is 12.4. The van der Waals surface area contributed by atoms with Gasteiger partial charge < -0.3 is 5.32 Å². The summed E-state index contributed by atoms with van der Waals surface area (Å²) in [5, 5.41) is 23.6. The highest BCUT2D eigenvalue weighted by Gasteiger charge is 2.24. The Labute approximate surface area is 136 Å². The molecular formula is C16H13N3O3S. The van der Waals surface area contributed by atoms with E-state index in [2.05, 4.69) is 11.4 Å². The summed E-state index contributed by atoms with van der Waals surface area (Å²) in [6.07, 6.45) is 2.83. The standard InChI is InChI=1S/C16H13N3O3S/c1-9-10(4-2-6-13(9)19(21)22)15(20)18-16-12(8-17)11-5-3-7-14(11)23-16/h2,4,6H,3,5,7H2,1H3,(H,18,20). The number of nitrogens with zero attached hydrogens (tertiary/aromatic N) is 2. The van der Waals surface area contributed by atoms with Gasteiger partial charge in [-0.3, -0.25) is 14.9 Å². The third-order valence-corrected chi connectivity index (χ3v) is 5.21. The predicted molar refractivity (Wildman–Crippen MR) is 86.8 cm³/mol. The lowest BCUT2D eigenvalue weighted by Gasteiger charge is -2.07. The van der Waals surface area contributed by atoms with Gasteiger partial charge in [-0.25, -0.2) is 0 Å². The molecule has 3 rings (SSSR count). The molecular weight excluding hydrogens is 314 g/mol. The van der Waals surface area contributed by atoms with Gasteiger partial charge in [-0.15, -0.1) is 11.3 Å². The van der Waals surface area contributed by atoms with Gasteiger partial charge in [-0.2, -0.15) is 5.26 Å². The van der Waals surface area contributed by atoms with Crippen molar-refractivity contribution in [1.82, 2.24) is 0 Å². The number of nitro groups is 1. The number of carbonyl (C=O) groups excluding carboxylic acids is 1. The quantitative estimate of drug-likeness (QED) is 0.688. The Morgan fingerprint density at radius 1 is 1.43 bits per heavy atom. The van der Waals surface area contributed by atoms with Crippen LogP contribution < -0.4 is 5.32 Å². The molecule has 1 aromatic heterocycles. The molecule has 0 atom stereocenters. The van der Waals surface area contributed by atoms with Crippen molar-refractivity contribution in [1.29, 1.82) is 5.26 Å². The van der Waals surface area contributed by atoms with Gasteiger partial charge in [0.25, 0.3) is 11.6 Å². The summed E-state index contributed by atoms with van der Waals surface area (Å²) in [7, 11) is 0. The van der Waals surface area contributed by atoms with Crippen LogP contribution in [0.5, 0.6) is 0 Å². The number of nitrogens with one attached hydrogen (secondary N) is 1. The third kappa shape index (κ3) is 2.58. The topological polar surface area (TPSA) is 96.0 Å². The number of nitriles is 1. The van der Waals surface area contributed by atoms with E-state index in [9.17, 15) is 20.2 Å². The molecule has 0 unspecified atom stereocenters. The lowest BCUT2D eigenvalue weighted by Crippen LogP contribution is -2.14. The molecule has 1 aromatic carbocycles. The SMILES string of the molecule is Cc1c(C(=O)Nc2sc3c(c2C#N)CCC3)cccc1[N+](=O)[O-]. The number of amides is 1. The Bertz CT molecular complexity index is 864. The van der Waals surface area contributed by atoms with Crippen LogP contribution in [0, 0.1) is 28.4 Å². The lowest BCUT2D eigenvalue weighted by atomic mass is 10.1. The minimum absolute atomic E-state index is 0.0909. The van der Waals surface area contributed by atoms with Crippen molar-refractivity contribution in [3.8, 4) is 6.07 Å². The normalized spacial score (nSPS) is 12.5. The fourth-order valence-electron chi connectivity index (χ4n) is 2.85. The molecule has 0 radical (unpaired) electrons. The summed E-state index contributed by atoms with van der Waals surface area (Å²) in [5.74, 6) is -0.428. The van der Waals surface area contributed by atoms with E-state index in [0.29, 0.717) is 16.1 Å². The summed E-state index contributed by atoms with van der Waals surface area (Å²) < 4.78 is 0. The highest BCUT2D eigenvalue weighted by Crippen LogP contribution is 2.38. The van der Waals surface area contributed by atoms with E-state index in [1.165, 1.54) is 23.5 Å². The first kappa shape index (κ1) is 15.2. The van der Waals surface area contributed by atoms with Crippen molar-refractivity contribution in [2.24, 2.45) is 0 Å². The smallest absolute Gasteiger partial charge is 0.273 e. The zero-order valence-corrected chi connectivity index (χ0v) is 13.2. The Morgan fingerprint density at radius 3 is 2.91 bits per heavy atom. The number of hydrogen-bond acceptors (Lipinski definition) is 5. The van der Waals surface area contributed by atoms with Crippen LogP contribution in [-0.2, 0) is 12.8 Å². The van der Waals surface area contributed by atoms with Crippen LogP contribution in [0.15, 0.2) is 18.2 Å². The first-order valence-corrected chi connectivity index (χ1v) is 7.94. The largest absolute Gasteiger partial charge is 0.312 e. The minimum Gasteiger partial charge on any atom is -0.312 e. The molecule has 1 amide bonds. The third-order valence-electron chi connectivity index (χ3n) is 4.01. The molecule has 1 aliphatic rings. The molecule has 2 aromatic rings. The van der Waals surface area contributed by atoms with Gasteiger partial charge >= 0.3 is 0 Å². The summed E-state index contributed by atoms with van der Waals surface area (Å²) in [6.45, 7) is 1.55. The predicted octanol–water partition coefficient (Wildman–Crippen LogP) is 3.58. The molecule has 0 spiro atoms. The summed E-state index contributed by atoms with van der Waals surface area (Å²) in [5.41, 5.74) is 2.03. The van der Waals surface area contributed by atoms with Gasteiger partial charge in [0.2, 0.25) is 0 Å². The fourth-order valence-corrected chi connectivity index (χ4v) is 4.08. The number of benzene rings is 1. The van der Waals surface area contributed by atoms with E-state index in [4.69, 9.17) is 0 Å². The summed E-state index contributed by atoms with van der Waals surface area (Å²) >= 11 is 1.42. The highest BCUT2D eigenvalue weighted by molar-refractivity contribution is 7.16. The average molecular weight is 327 g/mol. The first-order chi connectivity index (χ1) is 11.0. The van der Waals surface area contributed by atoms with E-state index in [0.717, 1.165) is 29.7 Å². The van der Waals surface area contributed by atoms with Crippen LogP contribution in [0.1, 0.15) is 38.3 Å². The molecule has 0 aliphatic heterocycles. The van der Waals surface area contributed by atoms with Crippen LogP contribution in [0.2, 0.25) is 0 Å². The van der Waals surface area contributed by atoms with Crippen LogP contribution in [0.25, 0.3) is 0 Å². The van der Waals surface area contributed by atoms with Gasteiger partial charge in [0.15, 0.2) is 0 Å². The van der Waals surface area contributed by atoms with E-state index in [1.807, 2.05) is 0 Å². The maximum atomic E-state index is 12.5. The second kappa shape index (κ2) is 5.82. The first-order valence-electron chi connectivity index (χ1n) is 7.13. The molecule has 0 fully saturated rings. The molecule has 7 heteroatoms. The van der Waals surface area contributed by atoms with Gasteiger partial charge in [-0.05, 0) is 37.8 Å². The molecule has 0 saturated heterocycles. The molecule has 1 N–H and O–H groups in total. The Balaban J connectivity index is 1.94. The van der Waals surface area contributed by atoms with Crippen LogP contribution in [0.3, 0.4) is 0 Å². The van der Waals surface area contributed by atoms with E-state index < -0.39 is 10.8 Å². The molecule has 116 valence electrons.